The first-order chi connectivity index (χ1) is 13.8. The summed E-state index contributed by atoms with van der Waals surface area (Å²) in [6, 6.07) is 10.4. The fourth-order valence-electron chi connectivity index (χ4n) is 2.91. The van der Waals surface area contributed by atoms with E-state index in [1.165, 1.54) is 0 Å². The van der Waals surface area contributed by atoms with Gasteiger partial charge in [0.2, 0.25) is 0 Å². The first-order valence-electron chi connectivity index (χ1n) is 9.34. The maximum Gasteiger partial charge on any atom is 0.344 e. The first kappa shape index (κ1) is 21.9. The Labute approximate surface area is 170 Å². The molecule has 2 aromatic rings. The number of nitrogens with one attached hydrogen (secondary N) is 2. The summed E-state index contributed by atoms with van der Waals surface area (Å²) in [6.45, 7) is 7.40. The average molecular weight is 398 g/mol. The minimum Gasteiger partial charge on any atom is -0.481 e. The highest BCUT2D eigenvalue weighted by Crippen LogP contribution is 2.24. The van der Waals surface area contributed by atoms with E-state index in [9.17, 15) is 14.4 Å². The van der Waals surface area contributed by atoms with Gasteiger partial charge in [0, 0.05) is 17.8 Å². The van der Waals surface area contributed by atoms with Gasteiger partial charge < -0.3 is 20.1 Å². The minimum absolute atomic E-state index is 0.228. The van der Waals surface area contributed by atoms with Gasteiger partial charge in [-0.2, -0.15) is 0 Å². The van der Waals surface area contributed by atoms with Crippen molar-refractivity contribution >= 4 is 23.5 Å². The van der Waals surface area contributed by atoms with Crippen LogP contribution < -0.4 is 15.4 Å². The molecule has 7 nitrogen and oxygen atoms in total. The maximum absolute atomic E-state index is 12.0. The van der Waals surface area contributed by atoms with Crippen LogP contribution >= 0.6 is 0 Å². The molecule has 0 heterocycles. The van der Waals surface area contributed by atoms with Crippen molar-refractivity contribution in [2.45, 2.75) is 27.7 Å². The predicted octanol–water partition coefficient (Wildman–Crippen LogP) is 2.92. The zero-order chi connectivity index (χ0) is 21.4. The molecule has 0 radical (unpaired) electrons. The van der Waals surface area contributed by atoms with Crippen LogP contribution in [0.1, 0.15) is 34.0 Å². The van der Waals surface area contributed by atoms with E-state index in [0.29, 0.717) is 23.5 Å². The predicted molar refractivity (Wildman–Crippen MR) is 110 cm³/mol. The van der Waals surface area contributed by atoms with Crippen LogP contribution in [-0.4, -0.2) is 37.5 Å². The Morgan fingerprint density at radius 2 is 1.66 bits per heavy atom. The lowest BCUT2D eigenvalue weighted by atomic mass is 10.1. The van der Waals surface area contributed by atoms with Crippen molar-refractivity contribution < 1.29 is 23.9 Å². The average Bonchev–Trinajstić information content (AvgIpc) is 2.66. The fraction of sp³-hybridized carbons (Fsp3) is 0.318. The zero-order valence-electron chi connectivity index (χ0n) is 17.1. The molecule has 0 fully saturated rings. The van der Waals surface area contributed by atoms with Gasteiger partial charge in [-0.15, -0.1) is 0 Å². The van der Waals surface area contributed by atoms with Crippen LogP contribution in [-0.2, 0) is 14.3 Å². The first-order valence-corrected chi connectivity index (χ1v) is 9.34. The number of hydrogen-bond acceptors (Lipinski definition) is 5. The Bertz CT molecular complexity index is 885. The number of carbonyl (C=O) groups excluding carboxylic acids is 3. The van der Waals surface area contributed by atoms with Gasteiger partial charge in [-0.3, -0.25) is 9.59 Å². The second kappa shape index (κ2) is 10.3. The number of ether oxygens (including phenoxy) is 2. The largest absolute Gasteiger partial charge is 0.481 e. The minimum atomic E-state index is -0.643. The number of esters is 1. The van der Waals surface area contributed by atoms with E-state index in [-0.39, 0.29) is 12.5 Å². The Morgan fingerprint density at radius 3 is 2.31 bits per heavy atom. The van der Waals surface area contributed by atoms with Gasteiger partial charge in [-0.05, 0) is 57.0 Å². The summed E-state index contributed by atoms with van der Waals surface area (Å²) in [4.78, 5) is 35.8. The molecule has 0 atom stereocenters. The molecule has 154 valence electrons. The van der Waals surface area contributed by atoms with Crippen LogP contribution in [0.25, 0.3) is 0 Å². The summed E-state index contributed by atoms with van der Waals surface area (Å²) in [6.07, 6.45) is 0. The molecule has 0 saturated heterocycles. The highest BCUT2D eigenvalue weighted by atomic mass is 16.6. The topological polar surface area (TPSA) is 93.7 Å². The lowest BCUT2D eigenvalue weighted by Gasteiger charge is -2.13. The molecule has 0 spiro atoms. The van der Waals surface area contributed by atoms with E-state index in [4.69, 9.17) is 9.47 Å². The smallest absolute Gasteiger partial charge is 0.344 e. The fourth-order valence-corrected chi connectivity index (χ4v) is 2.91. The van der Waals surface area contributed by atoms with Crippen molar-refractivity contribution in [3.63, 3.8) is 0 Å². The van der Waals surface area contributed by atoms with Gasteiger partial charge in [-0.25, -0.2) is 4.79 Å². The third kappa shape index (κ3) is 6.64. The standard InChI is InChI=1S/C22H26N2O5/c1-5-23-22(27)17-7-6-8-18(11-17)24-19(25)12-28-20(26)13-29-21-15(3)9-14(2)10-16(21)4/h6-11H,5,12-13H2,1-4H3,(H,23,27)(H,24,25). The summed E-state index contributed by atoms with van der Waals surface area (Å²) in [7, 11) is 0. The number of carbonyl (C=O) groups is 3. The van der Waals surface area contributed by atoms with Crippen LogP contribution in [0.3, 0.4) is 0 Å². The molecule has 0 saturated carbocycles. The lowest BCUT2D eigenvalue weighted by Crippen LogP contribution is -2.25. The second-order valence-corrected chi connectivity index (χ2v) is 6.67. The van der Waals surface area contributed by atoms with E-state index < -0.39 is 18.5 Å². The molecule has 0 aliphatic rings. The third-order valence-electron chi connectivity index (χ3n) is 4.05. The van der Waals surface area contributed by atoms with Crippen molar-refractivity contribution in [2.75, 3.05) is 25.1 Å². The molecular formula is C22H26N2O5. The van der Waals surface area contributed by atoms with Gasteiger partial charge in [-0.1, -0.05) is 23.8 Å². The van der Waals surface area contributed by atoms with E-state index in [0.717, 1.165) is 16.7 Å². The van der Waals surface area contributed by atoms with Crippen LogP contribution in [0.5, 0.6) is 5.75 Å². The Hall–Kier alpha value is -3.35. The summed E-state index contributed by atoms with van der Waals surface area (Å²) < 4.78 is 10.5. The lowest BCUT2D eigenvalue weighted by molar-refractivity contribution is -0.149. The number of rotatable bonds is 8. The summed E-state index contributed by atoms with van der Waals surface area (Å²) in [5, 5.41) is 5.28. The van der Waals surface area contributed by atoms with E-state index in [1.807, 2.05) is 39.8 Å². The summed E-state index contributed by atoms with van der Waals surface area (Å²) in [5.74, 6) is -0.738. The molecule has 2 rings (SSSR count). The maximum atomic E-state index is 12.0. The number of hydrogen-bond donors (Lipinski definition) is 2. The molecule has 0 unspecified atom stereocenters. The van der Waals surface area contributed by atoms with E-state index >= 15 is 0 Å². The van der Waals surface area contributed by atoms with Gasteiger partial charge in [0.05, 0.1) is 0 Å². The molecule has 7 heteroatoms. The van der Waals surface area contributed by atoms with Crippen LogP contribution in [0.2, 0.25) is 0 Å². The molecule has 29 heavy (non-hydrogen) atoms. The molecule has 0 aliphatic carbocycles. The summed E-state index contributed by atoms with van der Waals surface area (Å²) >= 11 is 0. The van der Waals surface area contributed by atoms with E-state index in [2.05, 4.69) is 10.6 Å². The van der Waals surface area contributed by atoms with Crippen molar-refractivity contribution in [2.24, 2.45) is 0 Å². The Balaban J connectivity index is 1.83. The number of amides is 2. The Morgan fingerprint density at radius 1 is 0.966 bits per heavy atom. The third-order valence-corrected chi connectivity index (χ3v) is 4.05. The summed E-state index contributed by atoms with van der Waals surface area (Å²) in [5.41, 5.74) is 3.85. The van der Waals surface area contributed by atoms with Crippen LogP contribution in [0.4, 0.5) is 5.69 Å². The van der Waals surface area contributed by atoms with E-state index in [1.54, 1.807) is 24.3 Å². The zero-order valence-corrected chi connectivity index (χ0v) is 17.1. The second-order valence-electron chi connectivity index (χ2n) is 6.67. The number of aryl methyl sites for hydroxylation is 3. The van der Waals surface area contributed by atoms with Gasteiger partial charge >= 0.3 is 5.97 Å². The van der Waals surface area contributed by atoms with Crippen LogP contribution in [0.15, 0.2) is 36.4 Å². The van der Waals surface area contributed by atoms with Crippen molar-refractivity contribution in [3.05, 3.63) is 58.7 Å². The highest BCUT2D eigenvalue weighted by Gasteiger charge is 2.12. The van der Waals surface area contributed by atoms with Gasteiger partial charge in [0.25, 0.3) is 11.8 Å². The monoisotopic (exact) mass is 398 g/mol. The number of benzene rings is 2. The Kier molecular flexibility index (Phi) is 7.77. The number of anilines is 1. The molecule has 2 N–H and O–H groups in total. The molecule has 2 aromatic carbocycles. The van der Waals surface area contributed by atoms with Crippen molar-refractivity contribution in [3.8, 4) is 5.75 Å². The molecule has 0 aromatic heterocycles. The molecule has 0 bridgehead atoms. The highest BCUT2D eigenvalue weighted by molar-refractivity contribution is 5.97. The van der Waals surface area contributed by atoms with Crippen molar-refractivity contribution in [1.29, 1.82) is 0 Å². The van der Waals surface area contributed by atoms with Gasteiger partial charge in [0.15, 0.2) is 13.2 Å². The SMILES string of the molecule is CCNC(=O)c1cccc(NC(=O)COC(=O)COc2c(C)cc(C)cc2C)c1. The normalized spacial score (nSPS) is 10.2. The van der Waals surface area contributed by atoms with Gasteiger partial charge in [0.1, 0.15) is 5.75 Å². The van der Waals surface area contributed by atoms with Crippen molar-refractivity contribution in [1.82, 2.24) is 5.32 Å². The molecule has 2 amide bonds. The molecular weight excluding hydrogens is 372 g/mol. The molecule has 0 aliphatic heterocycles. The van der Waals surface area contributed by atoms with Crippen LogP contribution in [0, 0.1) is 20.8 Å². The quantitative estimate of drug-likeness (QED) is 0.667.